The summed E-state index contributed by atoms with van der Waals surface area (Å²) in [5.41, 5.74) is 2.50. The van der Waals surface area contributed by atoms with Gasteiger partial charge in [0.1, 0.15) is 5.82 Å². The van der Waals surface area contributed by atoms with E-state index < -0.39 is 0 Å². The SMILES string of the molecule is CNc1nc(N2c3ccccc3CCC2C)c(Cl)cc1Cl. The van der Waals surface area contributed by atoms with Crippen molar-refractivity contribution in [1.82, 2.24) is 4.98 Å². The number of aromatic nitrogens is 1. The van der Waals surface area contributed by atoms with Crippen LogP contribution in [-0.2, 0) is 6.42 Å². The predicted molar refractivity (Wildman–Crippen MR) is 90.2 cm³/mol. The van der Waals surface area contributed by atoms with Crippen LogP contribution in [0.4, 0.5) is 17.3 Å². The number of aryl methyl sites for hydroxylation is 1. The van der Waals surface area contributed by atoms with E-state index in [-0.39, 0.29) is 0 Å². The average molecular weight is 322 g/mol. The van der Waals surface area contributed by atoms with E-state index in [1.54, 1.807) is 13.1 Å². The molecular weight excluding hydrogens is 305 g/mol. The van der Waals surface area contributed by atoms with Gasteiger partial charge in [-0.25, -0.2) is 4.98 Å². The molecule has 3 nitrogen and oxygen atoms in total. The van der Waals surface area contributed by atoms with Crippen molar-refractivity contribution in [2.45, 2.75) is 25.8 Å². The monoisotopic (exact) mass is 321 g/mol. The molecule has 2 heterocycles. The van der Waals surface area contributed by atoms with Gasteiger partial charge in [0.2, 0.25) is 0 Å². The number of benzene rings is 1. The highest BCUT2D eigenvalue weighted by Gasteiger charge is 2.27. The first kappa shape index (κ1) is 14.5. The van der Waals surface area contributed by atoms with Crippen LogP contribution in [0.3, 0.4) is 0 Å². The summed E-state index contributed by atoms with van der Waals surface area (Å²) in [4.78, 5) is 6.82. The second kappa shape index (κ2) is 5.74. The Morgan fingerprint density at radius 3 is 2.76 bits per heavy atom. The Morgan fingerprint density at radius 1 is 1.24 bits per heavy atom. The minimum atomic E-state index is 0.343. The number of hydrogen-bond acceptors (Lipinski definition) is 3. The molecule has 5 heteroatoms. The van der Waals surface area contributed by atoms with Gasteiger partial charge in [-0.05, 0) is 37.5 Å². The molecule has 0 saturated heterocycles. The van der Waals surface area contributed by atoms with Gasteiger partial charge in [0.15, 0.2) is 5.82 Å². The number of nitrogens with one attached hydrogen (secondary N) is 1. The maximum Gasteiger partial charge on any atom is 0.154 e. The Kier molecular flexibility index (Phi) is 3.96. The highest BCUT2D eigenvalue weighted by Crippen LogP contribution is 2.40. The number of fused-ring (bicyclic) bond motifs is 1. The number of anilines is 3. The van der Waals surface area contributed by atoms with Gasteiger partial charge >= 0.3 is 0 Å². The summed E-state index contributed by atoms with van der Waals surface area (Å²) in [5, 5.41) is 4.12. The van der Waals surface area contributed by atoms with E-state index >= 15 is 0 Å². The molecule has 1 aliphatic rings. The minimum absolute atomic E-state index is 0.343. The van der Waals surface area contributed by atoms with Crippen molar-refractivity contribution in [3.63, 3.8) is 0 Å². The van der Waals surface area contributed by atoms with Gasteiger partial charge in [-0.15, -0.1) is 0 Å². The van der Waals surface area contributed by atoms with Crippen LogP contribution in [0.15, 0.2) is 30.3 Å². The Hall–Kier alpha value is -1.45. The maximum atomic E-state index is 6.41. The van der Waals surface area contributed by atoms with E-state index in [1.807, 2.05) is 6.07 Å². The zero-order chi connectivity index (χ0) is 15.0. The molecule has 0 spiro atoms. The molecule has 110 valence electrons. The van der Waals surface area contributed by atoms with Crippen molar-refractivity contribution in [2.75, 3.05) is 17.3 Å². The molecule has 1 N–H and O–H groups in total. The summed E-state index contributed by atoms with van der Waals surface area (Å²) in [5.74, 6) is 1.40. The first-order chi connectivity index (χ1) is 10.1. The summed E-state index contributed by atoms with van der Waals surface area (Å²) in [7, 11) is 1.81. The summed E-state index contributed by atoms with van der Waals surface area (Å²) < 4.78 is 0. The lowest BCUT2D eigenvalue weighted by Crippen LogP contribution is -2.34. The van der Waals surface area contributed by atoms with Gasteiger partial charge in [0, 0.05) is 18.8 Å². The lowest BCUT2D eigenvalue weighted by molar-refractivity contribution is 0.614. The van der Waals surface area contributed by atoms with Crippen LogP contribution in [0.2, 0.25) is 10.0 Å². The first-order valence-electron chi connectivity index (χ1n) is 7.02. The molecule has 0 bridgehead atoms. The summed E-state index contributed by atoms with van der Waals surface area (Å²) in [6.07, 6.45) is 2.16. The lowest BCUT2D eigenvalue weighted by atomic mass is 9.96. The molecule has 1 aromatic carbocycles. The highest BCUT2D eigenvalue weighted by molar-refractivity contribution is 6.37. The second-order valence-corrected chi connectivity index (χ2v) is 6.08. The Bertz CT molecular complexity index is 673. The van der Waals surface area contributed by atoms with Crippen molar-refractivity contribution in [1.29, 1.82) is 0 Å². The van der Waals surface area contributed by atoms with E-state index in [0.717, 1.165) is 18.7 Å². The number of hydrogen-bond donors (Lipinski definition) is 1. The van der Waals surface area contributed by atoms with Crippen LogP contribution in [0.5, 0.6) is 0 Å². The molecule has 1 aromatic heterocycles. The van der Waals surface area contributed by atoms with E-state index in [4.69, 9.17) is 23.2 Å². The Morgan fingerprint density at radius 2 is 2.00 bits per heavy atom. The zero-order valence-corrected chi connectivity index (χ0v) is 13.5. The van der Waals surface area contributed by atoms with Crippen LogP contribution in [0.1, 0.15) is 18.9 Å². The van der Waals surface area contributed by atoms with Gasteiger partial charge in [0.05, 0.1) is 10.0 Å². The first-order valence-corrected chi connectivity index (χ1v) is 7.78. The predicted octanol–water partition coefficient (Wildman–Crippen LogP) is 4.90. The molecular formula is C16H17Cl2N3. The van der Waals surface area contributed by atoms with E-state index in [2.05, 4.69) is 40.3 Å². The topological polar surface area (TPSA) is 28.2 Å². The van der Waals surface area contributed by atoms with Crippen LogP contribution in [-0.4, -0.2) is 18.1 Å². The summed E-state index contributed by atoms with van der Waals surface area (Å²) in [6, 6.07) is 10.5. The third kappa shape index (κ3) is 2.56. The molecule has 0 aliphatic carbocycles. The third-order valence-corrected chi connectivity index (χ3v) is 4.47. The average Bonchev–Trinajstić information content (AvgIpc) is 2.48. The van der Waals surface area contributed by atoms with Crippen LogP contribution >= 0.6 is 23.2 Å². The number of halogens is 2. The molecule has 0 amide bonds. The normalized spacial score (nSPS) is 17.5. The van der Waals surface area contributed by atoms with Crippen molar-refractivity contribution >= 4 is 40.5 Å². The number of pyridine rings is 1. The van der Waals surface area contributed by atoms with Crippen LogP contribution < -0.4 is 10.2 Å². The lowest BCUT2D eigenvalue weighted by Gasteiger charge is -2.36. The van der Waals surface area contributed by atoms with E-state index in [1.165, 1.54) is 11.3 Å². The van der Waals surface area contributed by atoms with Gasteiger partial charge in [-0.3, -0.25) is 0 Å². The van der Waals surface area contributed by atoms with Crippen molar-refractivity contribution in [3.05, 3.63) is 45.9 Å². The van der Waals surface area contributed by atoms with E-state index in [0.29, 0.717) is 21.9 Å². The third-order valence-electron chi connectivity index (χ3n) is 3.90. The molecule has 1 atom stereocenters. The molecule has 0 fully saturated rings. The van der Waals surface area contributed by atoms with Gasteiger partial charge in [-0.2, -0.15) is 0 Å². The maximum absolute atomic E-state index is 6.41. The van der Waals surface area contributed by atoms with Crippen molar-refractivity contribution in [2.24, 2.45) is 0 Å². The molecule has 0 radical (unpaired) electrons. The van der Waals surface area contributed by atoms with Gasteiger partial charge in [0.25, 0.3) is 0 Å². The fourth-order valence-corrected chi connectivity index (χ4v) is 3.36. The van der Waals surface area contributed by atoms with Gasteiger partial charge < -0.3 is 10.2 Å². The second-order valence-electron chi connectivity index (χ2n) is 5.26. The fraction of sp³-hybridized carbons (Fsp3) is 0.312. The van der Waals surface area contributed by atoms with Crippen LogP contribution in [0, 0.1) is 0 Å². The molecule has 3 rings (SSSR count). The smallest absolute Gasteiger partial charge is 0.154 e. The van der Waals surface area contributed by atoms with Gasteiger partial charge in [-0.1, -0.05) is 41.4 Å². The molecule has 21 heavy (non-hydrogen) atoms. The Labute approximate surface area is 134 Å². The van der Waals surface area contributed by atoms with E-state index in [9.17, 15) is 0 Å². The number of rotatable bonds is 2. The molecule has 2 aromatic rings. The van der Waals surface area contributed by atoms with Crippen molar-refractivity contribution in [3.8, 4) is 0 Å². The standard InChI is InChI=1S/C16H17Cl2N3/c1-10-7-8-11-5-3-4-6-14(11)21(10)16-13(18)9-12(17)15(19-2)20-16/h3-6,9-10H,7-8H2,1-2H3,(H,19,20). The van der Waals surface area contributed by atoms with Crippen LogP contribution in [0.25, 0.3) is 0 Å². The Balaban J connectivity index is 2.15. The zero-order valence-electron chi connectivity index (χ0n) is 12.0. The minimum Gasteiger partial charge on any atom is -0.372 e. The molecule has 1 unspecified atom stereocenters. The number of para-hydroxylation sites is 1. The summed E-state index contributed by atoms with van der Waals surface area (Å²) >= 11 is 12.6. The van der Waals surface area contributed by atoms with Crippen molar-refractivity contribution < 1.29 is 0 Å². The largest absolute Gasteiger partial charge is 0.372 e. The summed E-state index contributed by atoms with van der Waals surface area (Å²) in [6.45, 7) is 2.20. The quantitative estimate of drug-likeness (QED) is 0.852. The fourth-order valence-electron chi connectivity index (χ4n) is 2.81. The molecule has 0 saturated carbocycles. The highest BCUT2D eigenvalue weighted by atomic mass is 35.5. The molecule has 1 aliphatic heterocycles. The number of nitrogens with zero attached hydrogens (tertiary/aromatic N) is 2.